The van der Waals surface area contributed by atoms with Crippen molar-refractivity contribution >= 4 is 23.3 Å². The van der Waals surface area contributed by atoms with Crippen LogP contribution < -0.4 is 0 Å². The number of carbonyl (C=O) groups is 3. The van der Waals surface area contributed by atoms with E-state index in [2.05, 4.69) is 0 Å². The maximum Gasteiger partial charge on any atom is 0.268 e. The van der Waals surface area contributed by atoms with Crippen LogP contribution >= 0.6 is 0 Å². The Labute approximate surface area is 133 Å². The summed E-state index contributed by atoms with van der Waals surface area (Å²) in [6.07, 6.45) is 1.83. The molecular formula is C18H27NO3. The molecule has 1 aliphatic heterocycles. The third-order valence-corrected chi connectivity index (χ3v) is 3.26. The average Bonchev–Trinajstić information content (AvgIpc) is 2.73. The van der Waals surface area contributed by atoms with E-state index in [-0.39, 0.29) is 33.8 Å². The van der Waals surface area contributed by atoms with Gasteiger partial charge in [-0.25, -0.2) is 4.90 Å². The Morgan fingerprint density at radius 1 is 1.09 bits per heavy atom. The van der Waals surface area contributed by atoms with Gasteiger partial charge in [-0.3, -0.25) is 14.4 Å². The van der Waals surface area contributed by atoms with Gasteiger partial charge in [0.1, 0.15) is 0 Å². The SMILES string of the molecule is C.C.C.CCC(C)C(=O)N1C(=O)C=C(c2ccccc2)C1=O. The van der Waals surface area contributed by atoms with Gasteiger partial charge in [-0.15, -0.1) is 0 Å². The fraction of sp³-hybridized carbons (Fsp3) is 0.389. The second kappa shape index (κ2) is 8.93. The third-order valence-electron chi connectivity index (χ3n) is 3.26. The van der Waals surface area contributed by atoms with E-state index in [4.69, 9.17) is 0 Å². The maximum atomic E-state index is 12.2. The maximum absolute atomic E-state index is 12.2. The van der Waals surface area contributed by atoms with Crippen LogP contribution in [0.1, 0.15) is 48.1 Å². The lowest BCUT2D eigenvalue weighted by Gasteiger charge is -2.16. The highest BCUT2D eigenvalue weighted by Crippen LogP contribution is 2.24. The molecule has 1 aromatic rings. The van der Waals surface area contributed by atoms with Crippen molar-refractivity contribution in [2.75, 3.05) is 0 Å². The molecule has 2 rings (SSSR count). The lowest BCUT2D eigenvalue weighted by molar-refractivity contribution is -0.150. The molecule has 1 unspecified atom stereocenters. The minimum Gasteiger partial charge on any atom is -0.274 e. The molecule has 0 aromatic heterocycles. The monoisotopic (exact) mass is 305 g/mol. The molecule has 0 spiro atoms. The predicted molar refractivity (Wildman–Crippen MR) is 90.9 cm³/mol. The number of nitrogens with zero attached hydrogens (tertiary/aromatic N) is 1. The number of benzene rings is 1. The largest absolute Gasteiger partial charge is 0.274 e. The van der Waals surface area contributed by atoms with Crippen LogP contribution in [0.15, 0.2) is 36.4 Å². The predicted octanol–water partition coefficient (Wildman–Crippen LogP) is 3.92. The van der Waals surface area contributed by atoms with Crippen molar-refractivity contribution in [3.63, 3.8) is 0 Å². The van der Waals surface area contributed by atoms with Crippen LogP contribution in [0.5, 0.6) is 0 Å². The van der Waals surface area contributed by atoms with Gasteiger partial charge in [-0.1, -0.05) is 66.5 Å². The van der Waals surface area contributed by atoms with Crippen molar-refractivity contribution < 1.29 is 14.4 Å². The second-order valence-corrected chi connectivity index (χ2v) is 4.55. The fourth-order valence-electron chi connectivity index (χ4n) is 1.90. The normalized spacial score (nSPS) is 14.3. The molecule has 0 bridgehead atoms. The zero-order valence-electron chi connectivity index (χ0n) is 10.9. The Morgan fingerprint density at radius 2 is 1.64 bits per heavy atom. The number of carbonyl (C=O) groups excluding carboxylic acids is 3. The molecule has 22 heavy (non-hydrogen) atoms. The highest BCUT2D eigenvalue weighted by Gasteiger charge is 2.37. The molecule has 0 fully saturated rings. The molecule has 1 heterocycles. The van der Waals surface area contributed by atoms with Crippen LogP contribution in [0.2, 0.25) is 0 Å². The molecule has 1 aromatic carbocycles. The van der Waals surface area contributed by atoms with E-state index in [0.717, 1.165) is 4.90 Å². The van der Waals surface area contributed by atoms with Gasteiger partial charge in [0.25, 0.3) is 11.8 Å². The molecule has 0 aliphatic carbocycles. The van der Waals surface area contributed by atoms with E-state index in [1.54, 1.807) is 31.2 Å². The number of amides is 3. The van der Waals surface area contributed by atoms with E-state index in [0.29, 0.717) is 12.0 Å². The van der Waals surface area contributed by atoms with Gasteiger partial charge in [-0.2, -0.15) is 0 Å². The minimum atomic E-state index is -0.547. The molecule has 0 saturated carbocycles. The summed E-state index contributed by atoms with van der Waals surface area (Å²) in [7, 11) is 0. The molecule has 0 radical (unpaired) electrons. The van der Waals surface area contributed by atoms with Gasteiger partial charge in [0.05, 0.1) is 5.57 Å². The zero-order valence-corrected chi connectivity index (χ0v) is 10.9. The Kier molecular flexibility index (Phi) is 8.95. The summed E-state index contributed by atoms with van der Waals surface area (Å²) in [5, 5.41) is 0. The number of hydrogen-bond donors (Lipinski definition) is 0. The van der Waals surface area contributed by atoms with Crippen LogP contribution in [0, 0.1) is 5.92 Å². The molecule has 4 heteroatoms. The molecule has 122 valence electrons. The Bertz CT molecular complexity index is 561. The highest BCUT2D eigenvalue weighted by atomic mass is 16.2. The van der Waals surface area contributed by atoms with Crippen molar-refractivity contribution in [2.45, 2.75) is 42.5 Å². The summed E-state index contributed by atoms with van der Waals surface area (Å²) in [6, 6.07) is 8.88. The molecule has 1 aliphatic rings. The van der Waals surface area contributed by atoms with Crippen LogP contribution in [0.25, 0.3) is 5.57 Å². The van der Waals surface area contributed by atoms with Gasteiger partial charge >= 0.3 is 0 Å². The molecule has 1 atom stereocenters. The summed E-state index contributed by atoms with van der Waals surface area (Å²) < 4.78 is 0. The topological polar surface area (TPSA) is 54.5 Å². The van der Waals surface area contributed by atoms with E-state index in [1.165, 1.54) is 6.08 Å². The van der Waals surface area contributed by atoms with Crippen molar-refractivity contribution in [1.29, 1.82) is 0 Å². The van der Waals surface area contributed by atoms with Gasteiger partial charge in [0, 0.05) is 12.0 Å². The van der Waals surface area contributed by atoms with Gasteiger partial charge in [0.15, 0.2) is 0 Å². The summed E-state index contributed by atoms with van der Waals surface area (Å²) in [5.74, 6) is -1.84. The summed E-state index contributed by atoms with van der Waals surface area (Å²) in [4.78, 5) is 36.8. The van der Waals surface area contributed by atoms with Gasteiger partial charge in [-0.05, 0) is 12.0 Å². The number of imide groups is 3. The Hall–Kier alpha value is -2.23. The van der Waals surface area contributed by atoms with E-state index >= 15 is 0 Å². The van der Waals surface area contributed by atoms with Crippen molar-refractivity contribution in [3.8, 4) is 0 Å². The van der Waals surface area contributed by atoms with Crippen molar-refractivity contribution in [3.05, 3.63) is 42.0 Å². The second-order valence-electron chi connectivity index (χ2n) is 4.55. The third kappa shape index (κ3) is 3.91. The molecule has 3 amide bonds. The fourth-order valence-corrected chi connectivity index (χ4v) is 1.90. The number of rotatable bonds is 3. The van der Waals surface area contributed by atoms with Crippen LogP contribution in [0.4, 0.5) is 0 Å². The van der Waals surface area contributed by atoms with Crippen molar-refractivity contribution in [2.24, 2.45) is 5.92 Å². The van der Waals surface area contributed by atoms with Crippen LogP contribution in [-0.4, -0.2) is 22.6 Å². The Balaban J connectivity index is 0. The van der Waals surface area contributed by atoms with Crippen LogP contribution in [-0.2, 0) is 14.4 Å². The van der Waals surface area contributed by atoms with E-state index < -0.39 is 17.7 Å². The quantitative estimate of drug-likeness (QED) is 0.795. The summed E-state index contributed by atoms with van der Waals surface area (Å²) >= 11 is 0. The lowest BCUT2D eigenvalue weighted by atomic mass is 10.1. The molecule has 4 nitrogen and oxygen atoms in total. The van der Waals surface area contributed by atoms with E-state index in [9.17, 15) is 14.4 Å². The highest BCUT2D eigenvalue weighted by molar-refractivity contribution is 6.38. The molecule has 0 saturated heterocycles. The molecule has 0 N–H and O–H groups in total. The number of hydrogen-bond acceptors (Lipinski definition) is 3. The minimum absolute atomic E-state index is 0. The Morgan fingerprint density at radius 3 is 2.14 bits per heavy atom. The first-order chi connectivity index (χ1) is 9.06. The lowest BCUT2D eigenvalue weighted by Crippen LogP contribution is -2.40. The summed E-state index contributed by atoms with van der Waals surface area (Å²) in [6.45, 7) is 3.56. The first kappa shape index (κ1) is 22.1. The van der Waals surface area contributed by atoms with Crippen LogP contribution in [0.3, 0.4) is 0 Å². The standard InChI is InChI=1S/C15H15NO3.3CH4/c1-3-10(2)14(18)16-13(17)9-12(15(16)19)11-7-5-4-6-8-11;;;/h4-10H,3H2,1-2H3;3*1H4. The zero-order chi connectivity index (χ0) is 14.0. The molecular weight excluding hydrogens is 278 g/mol. The first-order valence-electron chi connectivity index (χ1n) is 6.25. The van der Waals surface area contributed by atoms with Gasteiger partial charge < -0.3 is 0 Å². The smallest absolute Gasteiger partial charge is 0.268 e. The summed E-state index contributed by atoms with van der Waals surface area (Å²) in [5.41, 5.74) is 0.933. The first-order valence-corrected chi connectivity index (χ1v) is 6.25. The van der Waals surface area contributed by atoms with Crippen molar-refractivity contribution in [1.82, 2.24) is 4.90 Å². The average molecular weight is 305 g/mol. The van der Waals surface area contributed by atoms with Gasteiger partial charge in [0.2, 0.25) is 5.91 Å². The van der Waals surface area contributed by atoms with E-state index in [1.807, 2.05) is 13.0 Å².